The molecule has 3 aromatic rings. The van der Waals surface area contributed by atoms with Gasteiger partial charge in [0, 0.05) is 29.6 Å². The average Bonchev–Trinajstić information content (AvgIpc) is 3.45. The van der Waals surface area contributed by atoms with E-state index in [1.807, 2.05) is 28.8 Å². The van der Waals surface area contributed by atoms with E-state index in [9.17, 15) is 9.59 Å². The summed E-state index contributed by atoms with van der Waals surface area (Å²) < 4.78 is 6.72. The summed E-state index contributed by atoms with van der Waals surface area (Å²) in [6.07, 6.45) is 1.55. The largest absolute Gasteiger partial charge is 0.468 e. The number of hydrogen-bond acceptors (Lipinski definition) is 7. The molecule has 8 nitrogen and oxygen atoms in total. The highest BCUT2D eigenvalue weighted by atomic mass is 35.5. The fourth-order valence-corrected chi connectivity index (χ4v) is 5.06. The van der Waals surface area contributed by atoms with Gasteiger partial charge in [-0.15, -0.1) is 24.8 Å². The first-order valence-corrected chi connectivity index (χ1v) is 11.9. The van der Waals surface area contributed by atoms with E-state index < -0.39 is 5.97 Å². The number of ether oxygens (including phenoxy) is 1. The quantitative estimate of drug-likeness (QED) is 0.394. The van der Waals surface area contributed by atoms with E-state index in [1.54, 1.807) is 42.2 Å². The van der Waals surface area contributed by atoms with E-state index in [4.69, 9.17) is 21.6 Å². The number of fused-ring (bicyclic) bond motifs is 1. The normalized spacial score (nSPS) is 13.4. The van der Waals surface area contributed by atoms with Gasteiger partial charge in [0.2, 0.25) is 0 Å². The maximum Gasteiger partial charge on any atom is 0.325 e. The van der Waals surface area contributed by atoms with Crippen LogP contribution in [-0.4, -0.2) is 58.8 Å². The summed E-state index contributed by atoms with van der Waals surface area (Å²) in [6.45, 7) is 0.509. The number of hydrogen-bond donors (Lipinski definition) is 1. The van der Waals surface area contributed by atoms with E-state index in [-0.39, 0.29) is 49.9 Å². The van der Waals surface area contributed by atoms with Crippen molar-refractivity contribution in [3.05, 3.63) is 76.6 Å². The third-order valence-electron chi connectivity index (χ3n) is 5.46. The minimum absolute atomic E-state index is 0. The first-order valence-electron chi connectivity index (χ1n) is 10.6. The molecule has 1 amide bonds. The van der Waals surface area contributed by atoms with Crippen molar-refractivity contribution in [1.29, 1.82) is 5.26 Å². The number of amides is 1. The first-order chi connectivity index (χ1) is 16.5. The van der Waals surface area contributed by atoms with Gasteiger partial charge in [-0.25, -0.2) is 4.98 Å². The van der Waals surface area contributed by atoms with Crippen molar-refractivity contribution in [3.63, 3.8) is 0 Å². The van der Waals surface area contributed by atoms with Crippen LogP contribution in [0.15, 0.2) is 59.9 Å². The highest BCUT2D eigenvalue weighted by Crippen LogP contribution is 2.38. The molecule has 1 N–H and O–H groups in total. The number of thioether (sulfide) groups is 1. The lowest BCUT2D eigenvalue weighted by atomic mass is 10.1. The van der Waals surface area contributed by atoms with Gasteiger partial charge in [0.15, 0.2) is 5.16 Å². The smallest absolute Gasteiger partial charge is 0.325 e. The van der Waals surface area contributed by atoms with Crippen molar-refractivity contribution in [2.45, 2.75) is 11.2 Å². The van der Waals surface area contributed by atoms with Crippen molar-refractivity contribution in [2.75, 3.05) is 37.8 Å². The molecule has 1 unspecified atom stereocenters. The Hall–Kier alpha value is -2.90. The zero-order valence-corrected chi connectivity index (χ0v) is 22.4. The fraction of sp³-hybridized carbons (Fsp3) is 0.250. The number of nitriles is 1. The van der Waals surface area contributed by atoms with E-state index in [2.05, 4.69) is 16.4 Å². The summed E-state index contributed by atoms with van der Waals surface area (Å²) in [6, 6.07) is 16.6. The zero-order chi connectivity index (χ0) is 24.1. The highest BCUT2D eigenvalue weighted by Gasteiger charge is 2.32. The van der Waals surface area contributed by atoms with Crippen molar-refractivity contribution < 1.29 is 14.3 Å². The number of carbonyl (C=O) groups is 2. The molecule has 2 heterocycles. The average molecular weight is 569 g/mol. The maximum absolute atomic E-state index is 13.5. The second-order valence-electron chi connectivity index (χ2n) is 7.60. The van der Waals surface area contributed by atoms with E-state index in [0.29, 0.717) is 22.8 Å². The molecule has 2 aromatic carbocycles. The predicted molar refractivity (Wildman–Crippen MR) is 145 cm³/mol. The number of carbonyl (C=O) groups excluding carboxylic acids is 2. The van der Waals surface area contributed by atoms with Crippen LogP contribution >= 0.6 is 48.2 Å². The Morgan fingerprint density at radius 2 is 2.03 bits per heavy atom. The van der Waals surface area contributed by atoms with Crippen LogP contribution in [0.2, 0.25) is 5.02 Å². The summed E-state index contributed by atoms with van der Waals surface area (Å²) in [4.78, 5) is 31.5. The Morgan fingerprint density at radius 3 is 2.69 bits per heavy atom. The second-order valence-corrected chi connectivity index (χ2v) is 9.02. The molecule has 12 heteroatoms. The third kappa shape index (κ3) is 6.65. The highest BCUT2D eigenvalue weighted by molar-refractivity contribution is 7.99. The number of anilines is 1. The molecule has 1 aliphatic heterocycles. The molecular formula is C24H24Cl3N5O3S. The number of imidazole rings is 1. The van der Waals surface area contributed by atoms with Gasteiger partial charge in [0.1, 0.15) is 12.2 Å². The number of nitrogens with one attached hydrogen (secondary N) is 1. The van der Waals surface area contributed by atoms with E-state index in [0.717, 1.165) is 22.2 Å². The minimum atomic E-state index is -0.504. The molecule has 0 radical (unpaired) electrons. The number of methoxy groups -OCH3 is 1. The SMILES string of the molecule is COC(=O)CN(CCNc1cccc(Cl)c1)C(=O)c1cnc2n1C(c1ccc(C#N)cc1)CS2.Cl.Cl. The Balaban J connectivity index is 0.00000228. The standard InChI is InChI=1S/C24H22ClN5O3S.2ClH/c1-33-22(31)14-29(10-9-27-19-4-2-3-18(25)11-19)23(32)20-13-28-24-30(20)21(15-34-24)17-7-5-16(12-26)6-8-17;;/h2-8,11,13,21,27H,9-10,14-15H2,1H3;2*1H. The van der Waals surface area contributed by atoms with Crippen LogP contribution in [0.3, 0.4) is 0 Å². The van der Waals surface area contributed by atoms with Crippen molar-refractivity contribution in [1.82, 2.24) is 14.5 Å². The Bertz CT molecular complexity index is 1250. The van der Waals surface area contributed by atoms with Crippen LogP contribution in [0.1, 0.15) is 27.7 Å². The lowest BCUT2D eigenvalue weighted by Crippen LogP contribution is -2.40. The summed E-state index contributed by atoms with van der Waals surface area (Å²) >= 11 is 7.60. The molecule has 0 saturated heterocycles. The van der Waals surface area contributed by atoms with Gasteiger partial charge in [0.25, 0.3) is 5.91 Å². The van der Waals surface area contributed by atoms with Crippen LogP contribution in [0.25, 0.3) is 0 Å². The van der Waals surface area contributed by atoms with Crippen molar-refractivity contribution in [2.24, 2.45) is 0 Å². The second kappa shape index (κ2) is 13.4. The van der Waals surface area contributed by atoms with Crippen LogP contribution in [0, 0.1) is 11.3 Å². The zero-order valence-electron chi connectivity index (χ0n) is 19.2. The van der Waals surface area contributed by atoms with Gasteiger partial charge >= 0.3 is 5.97 Å². The lowest BCUT2D eigenvalue weighted by Gasteiger charge is -2.23. The van der Waals surface area contributed by atoms with Gasteiger partial charge < -0.3 is 19.5 Å². The summed E-state index contributed by atoms with van der Waals surface area (Å²) in [5.41, 5.74) is 2.79. The summed E-state index contributed by atoms with van der Waals surface area (Å²) in [5.74, 6) is -0.0867. The number of benzene rings is 2. The molecule has 0 saturated carbocycles. The van der Waals surface area contributed by atoms with Gasteiger partial charge in [-0.1, -0.05) is 41.6 Å². The topological polar surface area (TPSA) is 100 Å². The molecule has 1 aromatic heterocycles. The molecule has 0 fully saturated rings. The Kier molecular flexibility index (Phi) is 10.9. The summed E-state index contributed by atoms with van der Waals surface area (Å²) in [5, 5.41) is 13.6. The number of aromatic nitrogens is 2. The predicted octanol–water partition coefficient (Wildman–Crippen LogP) is 4.67. The van der Waals surface area contributed by atoms with E-state index in [1.165, 1.54) is 12.0 Å². The molecule has 0 aliphatic carbocycles. The maximum atomic E-state index is 13.5. The lowest BCUT2D eigenvalue weighted by molar-refractivity contribution is -0.141. The molecule has 36 heavy (non-hydrogen) atoms. The number of halogens is 3. The molecule has 190 valence electrons. The first kappa shape index (κ1) is 29.3. The van der Waals surface area contributed by atoms with Crippen LogP contribution in [0.5, 0.6) is 0 Å². The van der Waals surface area contributed by atoms with Crippen LogP contribution < -0.4 is 5.32 Å². The molecule has 0 bridgehead atoms. The van der Waals surface area contributed by atoms with Crippen molar-refractivity contribution >= 4 is 65.7 Å². The number of nitrogens with zero attached hydrogens (tertiary/aromatic N) is 4. The van der Waals surface area contributed by atoms with Crippen LogP contribution in [-0.2, 0) is 9.53 Å². The van der Waals surface area contributed by atoms with E-state index >= 15 is 0 Å². The number of esters is 1. The van der Waals surface area contributed by atoms with Gasteiger partial charge in [0.05, 0.1) is 31.0 Å². The molecule has 1 atom stereocenters. The summed E-state index contributed by atoms with van der Waals surface area (Å²) in [7, 11) is 1.29. The Labute approximate surface area is 230 Å². The third-order valence-corrected chi connectivity index (χ3v) is 6.74. The molecule has 0 spiro atoms. The molecule has 4 rings (SSSR count). The minimum Gasteiger partial charge on any atom is -0.468 e. The van der Waals surface area contributed by atoms with Gasteiger partial charge in [-0.05, 0) is 35.9 Å². The molecular weight excluding hydrogens is 545 g/mol. The fourth-order valence-electron chi connectivity index (χ4n) is 3.73. The van der Waals surface area contributed by atoms with Crippen molar-refractivity contribution in [3.8, 4) is 6.07 Å². The number of rotatable bonds is 8. The monoisotopic (exact) mass is 567 g/mol. The van der Waals surface area contributed by atoms with Crippen LogP contribution in [0.4, 0.5) is 5.69 Å². The Morgan fingerprint density at radius 1 is 1.28 bits per heavy atom. The molecule has 1 aliphatic rings. The van der Waals surface area contributed by atoms with Gasteiger partial charge in [-0.3, -0.25) is 9.59 Å². The van der Waals surface area contributed by atoms with Gasteiger partial charge in [-0.2, -0.15) is 5.26 Å².